The number of rotatable bonds is 2. The molecule has 5 nitrogen and oxygen atoms in total. The van der Waals surface area contributed by atoms with Crippen molar-refractivity contribution in [1.29, 1.82) is 0 Å². The fraction of sp³-hybridized carbons (Fsp3) is 0. The van der Waals surface area contributed by atoms with E-state index in [1.807, 2.05) is 0 Å². The van der Waals surface area contributed by atoms with Gasteiger partial charge in [-0.25, -0.2) is 4.79 Å². The van der Waals surface area contributed by atoms with Crippen molar-refractivity contribution >= 4 is 17.0 Å². The standard InChI is InChI=1S/C9H5NO4S/c11-9-14-8(5-15-9)6-1-3-7(4-2-6)10(12)13/h1-5H. The van der Waals surface area contributed by atoms with Crippen LogP contribution in [-0.4, -0.2) is 4.92 Å². The Kier molecular flexibility index (Phi) is 2.34. The highest BCUT2D eigenvalue weighted by atomic mass is 32.1. The van der Waals surface area contributed by atoms with Gasteiger partial charge in [0.1, 0.15) is 5.76 Å². The summed E-state index contributed by atoms with van der Waals surface area (Å²) in [6.45, 7) is 0. The molecule has 1 heterocycles. The summed E-state index contributed by atoms with van der Waals surface area (Å²) in [7, 11) is 0. The Morgan fingerprint density at radius 3 is 2.40 bits per heavy atom. The number of hydrogen-bond acceptors (Lipinski definition) is 5. The second kappa shape index (κ2) is 3.66. The van der Waals surface area contributed by atoms with Gasteiger partial charge < -0.3 is 4.42 Å². The normalized spacial score (nSPS) is 10.1. The van der Waals surface area contributed by atoms with Crippen molar-refractivity contribution < 1.29 is 9.34 Å². The quantitative estimate of drug-likeness (QED) is 0.578. The second-order valence-corrected chi connectivity index (χ2v) is 3.56. The summed E-state index contributed by atoms with van der Waals surface area (Å²) in [5.74, 6) is 0.430. The highest BCUT2D eigenvalue weighted by Crippen LogP contribution is 2.22. The Balaban J connectivity index is 2.39. The summed E-state index contributed by atoms with van der Waals surface area (Å²) in [5.41, 5.74) is 0.662. The van der Waals surface area contributed by atoms with Crippen LogP contribution in [0.15, 0.2) is 38.9 Å². The van der Waals surface area contributed by atoms with Crippen LogP contribution in [0.2, 0.25) is 0 Å². The third-order valence-corrected chi connectivity index (χ3v) is 2.43. The van der Waals surface area contributed by atoms with Crippen molar-refractivity contribution in [3.8, 4) is 11.3 Å². The van der Waals surface area contributed by atoms with Gasteiger partial charge in [0, 0.05) is 23.1 Å². The van der Waals surface area contributed by atoms with Crippen molar-refractivity contribution in [3.05, 3.63) is 49.5 Å². The highest BCUT2D eigenvalue weighted by Gasteiger charge is 2.07. The van der Waals surface area contributed by atoms with Crippen LogP contribution in [0.3, 0.4) is 0 Å². The number of hydrogen-bond donors (Lipinski definition) is 0. The summed E-state index contributed by atoms with van der Waals surface area (Å²) in [4.78, 5) is 20.3. The first kappa shape index (κ1) is 9.60. The van der Waals surface area contributed by atoms with E-state index < -0.39 is 4.92 Å². The average Bonchev–Trinajstić information content (AvgIpc) is 2.65. The van der Waals surface area contributed by atoms with E-state index in [0.717, 1.165) is 11.3 Å². The summed E-state index contributed by atoms with van der Waals surface area (Å²) in [6, 6.07) is 5.83. The molecule has 0 fully saturated rings. The van der Waals surface area contributed by atoms with Crippen molar-refractivity contribution in [1.82, 2.24) is 0 Å². The van der Waals surface area contributed by atoms with Gasteiger partial charge in [-0.3, -0.25) is 10.1 Å². The topological polar surface area (TPSA) is 73.3 Å². The van der Waals surface area contributed by atoms with Crippen LogP contribution in [0, 0.1) is 10.1 Å². The van der Waals surface area contributed by atoms with Crippen molar-refractivity contribution in [2.24, 2.45) is 0 Å². The fourth-order valence-electron chi connectivity index (χ4n) is 1.11. The Labute approximate surface area is 87.7 Å². The summed E-state index contributed by atoms with van der Waals surface area (Å²) >= 11 is 0.954. The third-order valence-electron chi connectivity index (χ3n) is 1.82. The molecule has 0 spiro atoms. The average molecular weight is 223 g/mol. The first-order valence-corrected chi connectivity index (χ1v) is 4.88. The Morgan fingerprint density at radius 1 is 1.27 bits per heavy atom. The molecule has 2 rings (SSSR count). The predicted molar refractivity (Wildman–Crippen MR) is 54.9 cm³/mol. The molecule has 0 saturated carbocycles. The largest absolute Gasteiger partial charge is 0.414 e. The maximum absolute atomic E-state index is 10.8. The fourth-order valence-corrected chi connectivity index (χ4v) is 1.64. The van der Waals surface area contributed by atoms with E-state index in [1.165, 1.54) is 12.1 Å². The molecule has 6 heteroatoms. The molecule has 0 aliphatic rings. The Hall–Kier alpha value is -1.95. The molecular formula is C9H5NO4S. The Morgan fingerprint density at radius 2 is 1.93 bits per heavy atom. The third kappa shape index (κ3) is 1.94. The lowest BCUT2D eigenvalue weighted by Crippen LogP contribution is -1.87. The highest BCUT2D eigenvalue weighted by molar-refractivity contribution is 7.07. The minimum Gasteiger partial charge on any atom is -0.414 e. The maximum atomic E-state index is 10.8. The zero-order valence-corrected chi connectivity index (χ0v) is 8.19. The van der Waals surface area contributed by atoms with Crippen molar-refractivity contribution in [2.75, 3.05) is 0 Å². The molecule has 0 N–H and O–H groups in total. The molecule has 0 bridgehead atoms. The van der Waals surface area contributed by atoms with Crippen LogP contribution in [0.4, 0.5) is 5.69 Å². The molecule has 1 aromatic heterocycles. The summed E-state index contributed by atoms with van der Waals surface area (Å²) in [6.07, 6.45) is 0. The van der Waals surface area contributed by atoms with Gasteiger partial charge in [0.25, 0.3) is 5.69 Å². The first-order chi connectivity index (χ1) is 7.16. The van der Waals surface area contributed by atoms with Gasteiger partial charge in [0.15, 0.2) is 0 Å². The van der Waals surface area contributed by atoms with E-state index in [4.69, 9.17) is 4.42 Å². The summed E-state index contributed by atoms with van der Waals surface area (Å²) < 4.78 is 4.86. The van der Waals surface area contributed by atoms with E-state index in [2.05, 4.69) is 0 Å². The number of nitro groups is 1. The van der Waals surface area contributed by atoms with Crippen molar-refractivity contribution in [2.45, 2.75) is 0 Å². The lowest BCUT2D eigenvalue weighted by Gasteiger charge is -1.94. The molecule has 0 radical (unpaired) electrons. The number of nitro benzene ring substituents is 1. The molecule has 15 heavy (non-hydrogen) atoms. The monoisotopic (exact) mass is 223 g/mol. The molecule has 1 aromatic carbocycles. The van der Waals surface area contributed by atoms with E-state index in [0.29, 0.717) is 11.3 Å². The maximum Gasteiger partial charge on any atom is 0.395 e. The zero-order chi connectivity index (χ0) is 10.8. The molecule has 0 unspecified atom stereocenters. The van der Waals surface area contributed by atoms with E-state index in [1.54, 1.807) is 17.5 Å². The summed E-state index contributed by atoms with van der Waals surface area (Å²) in [5, 5.41) is 12.0. The lowest BCUT2D eigenvalue weighted by molar-refractivity contribution is -0.384. The van der Waals surface area contributed by atoms with Gasteiger partial charge in [-0.05, 0) is 12.1 Å². The molecular weight excluding hydrogens is 218 g/mol. The molecule has 0 saturated heterocycles. The van der Waals surface area contributed by atoms with Crippen LogP contribution in [-0.2, 0) is 0 Å². The van der Waals surface area contributed by atoms with Gasteiger partial charge >= 0.3 is 4.94 Å². The van der Waals surface area contributed by atoms with Crippen LogP contribution in [0.1, 0.15) is 0 Å². The molecule has 0 aliphatic carbocycles. The van der Waals surface area contributed by atoms with Gasteiger partial charge in [-0.2, -0.15) is 0 Å². The molecule has 0 atom stereocenters. The number of non-ortho nitro benzene ring substituents is 1. The van der Waals surface area contributed by atoms with Crippen LogP contribution in [0.25, 0.3) is 11.3 Å². The van der Waals surface area contributed by atoms with Gasteiger partial charge in [0.05, 0.1) is 4.92 Å². The molecule has 0 aliphatic heterocycles. The van der Waals surface area contributed by atoms with Gasteiger partial charge in [-0.1, -0.05) is 11.3 Å². The van der Waals surface area contributed by atoms with E-state index in [9.17, 15) is 14.9 Å². The van der Waals surface area contributed by atoms with Gasteiger partial charge in [-0.15, -0.1) is 0 Å². The first-order valence-electron chi connectivity index (χ1n) is 4.00. The molecule has 2 aromatic rings. The minimum atomic E-state index is -0.479. The smallest absolute Gasteiger partial charge is 0.395 e. The SMILES string of the molecule is O=c1oc(-c2ccc([N+](=O)[O-])cc2)cs1. The van der Waals surface area contributed by atoms with Crippen LogP contribution in [0.5, 0.6) is 0 Å². The molecule has 0 amide bonds. The second-order valence-electron chi connectivity index (χ2n) is 2.76. The van der Waals surface area contributed by atoms with E-state index >= 15 is 0 Å². The van der Waals surface area contributed by atoms with E-state index in [-0.39, 0.29) is 10.6 Å². The molecule has 76 valence electrons. The van der Waals surface area contributed by atoms with Crippen molar-refractivity contribution in [3.63, 3.8) is 0 Å². The van der Waals surface area contributed by atoms with Gasteiger partial charge in [0.2, 0.25) is 0 Å². The van der Waals surface area contributed by atoms with Crippen LogP contribution < -0.4 is 4.94 Å². The lowest BCUT2D eigenvalue weighted by atomic mass is 10.2. The van der Waals surface area contributed by atoms with Crippen LogP contribution >= 0.6 is 11.3 Å². The number of benzene rings is 1. The minimum absolute atomic E-state index is 0.0105. The predicted octanol–water partition coefficient (Wildman–Crippen LogP) is 2.28. The zero-order valence-electron chi connectivity index (χ0n) is 7.38. The number of nitrogens with zero attached hydrogens (tertiary/aromatic N) is 1. The Bertz CT molecular complexity index is 540.